The average molecular weight is 339 g/mol. The normalized spacial score (nSPS) is 16.2. The van der Waals surface area contributed by atoms with Crippen molar-refractivity contribution in [2.45, 2.75) is 32.4 Å². The minimum atomic E-state index is -0.973. The summed E-state index contributed by atoms with van der Waals surface area (Å²) < 4.78 is 5.33. The van der Waals surface area contributed by atoms with Crippen LogP contribution in [-0.4, -0.2) is 35.0 Å². The second kappa shape index (κ2) is 6.97. The van der Waals surface area contributed by atoms with E-state index in [4.69, 9.17) is 4.74 Å². The van der Waals surface area contributed by atoms with Gasteiger partial charge in [-0.2, -0.15) is 0 Å². The molecule has 0 bridgehead atoms. The van der Waals surface area contributed by atoms with Crippen LogP contribution in [0.25, 0.3) is 0 Å². The lowest BCUT2D eigenvalue weighted by atomic mass is 9.93. The molecule has 25 heavy (non-hydrogen) atoms. The molecule has 1 atom stereocenters. The van der Waals surface area contributed by atoms with Crippen LogP contribution in [0.3, 0.4) is 0 Å². The van der Waals surface area contributed by atoms with E-state index < -0.39 is 12.0 Å². The molecule has 5 nitrogen and oxygen atoms in total. The van der Waals surface area contributed by atoms with Gasteiger partial charge in [0.1, 0.15) is 11.8 Å². The van der Waals surface area contributed by atoms with Gasteiger partial charge in [0.15, 0.2) is 0 Å². The number of methoxy groups -OCH3 is 1. The van der Waals surface area contributed by atoms with Gasteiger partial charge in [-0.3, -0.25) is 4.79 Å². The van der Waals surface area contributed by atoms with Crippen LogP contribution in [0.4, 0.5) is 0 Å². The van der Waals surface area contributed by atoms with Crippen molar-refractivity contribution in [3.63, 3.8) is 0 Å². The molecule has 0 spiro atoms. The molecule has 2 aromatic carbocycles. The van der Waals surface area contributed by atoms with Crippen LogP contribution in [0.15, 0.2) is 42.5 Å². The van der Waals surface area contributed by atoms with Crippen molar-refractivity contribution in [2.24, 2.45) is 0 Å². The molecule has 0 fully saturated rings. The Hall–Kier alpha value is -2.82. The first kappa shape index (κ1) is 17.0. The second-order valence-electron chi connectivity index (χ2n) is 6.34. The fourth-order valence-electron chi connectivity index (χ4n) is 3.32. The van der Waals surface area contributed by atoms with Gasteiger partial charge in [0.05, 0.1) is 13.5 Å². The lowest BCUT2D eigenvalue weighted by molar-refractivity contribution is -0.151. The predicted octanol–water partition coefficient (Wildman–Crippen LogP) is 2.58. The minimum Gasteiger partial charge on any atom is -0.496 e. The van der Waals surface area contributed by atoms with E-state index in [1.807, 2.05) is 49.4 Å². The smallest absolute Gasteiger partial charge is 0.326 e. The van der Waals surface area contributed by atoms with Gasteiger partial charge in [0.25, 0.3) is 0 Å². The van der Waals surface area contributed by atoms with Crippen molar-refractivity contribution in [3.8, 4) is 5.75 Å². The van der Waals surface area contributed by atoms with Crippen molar-refractivity contribution < 1.29 is 19.4 Å². The van der Waals surface area contributed by atoms with Gasteiger partial charge in [-0.1, -0.05) is 42.0 Å². The molecular formula is C20H21NO4. The molecule has 130 valence electrons. The van der Waals surface area contributed by atoms with Crippen LogP contribution in [0.2, 0.25) is 0 Å². The van der Waals surface area contributed by atoms with E-state index >= 15 is 0 Å². The van der Waals surface area contributed by atoms with Crippen LogP contribution in [0.5, 0.6) is 5.75 Å². The predicted molar refractivity (Wildman–Crippen MR) is 93.6 cm³/mol. The van der Waals surface area contributed by atoms with Crippen molar-refractivity contribution in [2.75, 3.05) is 7.11 Å². The fourth-order valence-corrected chi connectivity index (χ4v) is 3.32. The van der Waals surface area contributed by atoms with Crippen LogP contribution in [-0.2, 0) is 29.0 Å². The zero-order valence-electron chi connectivity index (χ0n) is 14.4. The molecule has 0 saturated carbocycles. The first-order chi connectivity index (χ1) is 12.0. The number of carbonyl (C=O) groups is 2. The lowest BCUT2D eigenvalue weighted by Crippen LogP contribution is -2.49. The van der Waals surface area contributed by atoms with E-state index in [-0.39, 0.29) is 12.3 Å². The van der Waals surface area contributed by atoms with E-state index in [1.54, 1.807) is 7.11 Å². The van der Waals surface area contributed by atoms with Crippen LogP contribution in [0.1, 0.15) is 22.3 Å². The molecule has 5 heteroatoms. The van der Waals surface area contributed by atoms with E-state index in [2.05, 4.69) is 0 Å². The summed E-state index contributed by atoms with van der Waals surface area (Å²) in [6.07, 6.45) is 0.457. The number of amides is 1. The third kappa shape index (κ3) is 3.50. The van der Waals surface area contributed by atoms with Crippen LogP contribution < -0.4 is 4.74 Å². The molecule has 1 heterocycles. The van der Waals surface area contributed by atoms with Gasteiger partial charge in [0.2, 0.25) is 5.91 Å². The fraction of sp³-hybridized carbons (Fsp3) is 0.300. The van der Waals surface area contributed by atoms with Crippen molar-refractivity contribution in [3.05, 3.63) is 64.7 Å². The molecular weight excluding hydrogens is 318 g/mol. The topological polar surface area (TPSA) is 66.8 Å². The number of aryl methyl sites for hydroxylation is 1. The standard InChI is InChI=1S/C20H21NO4/c1-13-7-8-18(25-2)16(9-13)11-19(22)21-12-15-6-4-3-5-14(15)10-17(21)20(23)24/h3-9,17H,10-12H2,1-2H3,(H,23,24). The summed E-state index contributed by atoms with van der Waals surface area (Å²) >= 11 is 0. The first-order valence-electron chi connectivity index (χ1n) is 8.22. The minimum absolute atomic E-state index is 0.122. The largest absolute Gasteiger partial charge is 0.496 e. The number of aliphatic carboxylic acids is 1. The molecule has 1 unspecified atom stereocenters. The Morgan fingerprint density at radius 1 is 1.20 bits per heavy atom. The molecule has 1 N–H and O–H groups in total. The Kier molecular flexibility index (Phi) is 4.74. The second-order valence-corrected chi connectivity index (χ2v) is 6.34. The number of rotatable bonds is 4. The van der Waals surface area contributed by atoms with Crippen molar-refractivity contribution in [1.29, 1.82) is 0 Å². The molecule has 3 rings (SSSR count). The SMILES string of the molecule is COc1ccc(C)cc1CC(=O)N1Cc2ccccc2CC1C(=O)O. The zero-order valence-corrected chi connectivity index (χ0v) is 14.4. The maximum atomic E-state index is 12.9. The maximum Gasteiger partial charge on any atom is 0.326 e. The molecule has 1 aliphatic heterocycles. The Labute approximate surface area is 146 Å². The summed E-state index contributed by atoms with van der Waals surface area (Å²) in [6.45, 7) is 2.27. The van der Waals surface area contributed by atoms with E-state index in [0.717, 1.165) is 22.3 Å². The van der Waals surface area contributed by atoms with Gasteiger partial charge in [-0.25, -0.2) is 4.79 Å². The average Bonchev–Trinajstić information content (AvgIpc) is 2.60. The highest BCUT2D eigenvalue weighted by atomic mass is 16.5. The van der Waals surface area contributed by atoms with Gasteiger partial charge in [0, 0.05) is 18.5 Å². The molecule has 1 aliphatic rings. The molecule has 0 aromatic heterocycles. The number of nitrogens with zero attached hydrogens (tertiary/aromatic N) is 1. The zero-order chi connectivity index (χ0) is 18.0. The molecule has 2 aromatic rings. The van der Waals surface area contributed by atoms with E-state index in [1.165, 1.54) is 4.90 Å². The molecule has 0 radical (unpaired) electrons. The number of hydrogen-bond donors (Lipinski definition) is 1. The summed E-state index contributed by atoms with van der Waals surface area (Å²) in [4.78, 5) is 26.0. The van der Waals surface area contributed by atoms with Gasteiger partial charge in [-0.05, 0) is 24.1 Å². The van der Waals surface area contributed by atoms with Crippen molar-refractivity contribution in [1.82, 2.24) is 4.90 Å². The molecule has 1 amide bonds. The third-order valence-corrected chi connectivity index (χ3v) is 4.63. The Balaban J connectivity index is 1.88. The van der Waals surface area contributed by atoms with Crippen LogP contribution >= 0.6 is 0 Å². The highest BCUT2D eigenvalue weighted by Crippen LogP contribution is 2.26. The maximum absolute atomic E-state index is 12.9. The summed E-state index contributed by atoms with van der Waals surface area (Å²) in [5.41, 5.74) is 3.80. The number of carboxylic acid groups (broad SMARTS) is 1. The number of carboxylic acids is 1. The Morgan fingerprint density at radius 3 is 2.60 bits per heavy atom. The van der Waals surface area contributed by atoms with Crippen LogP contribution in [0, 0.1) is 6.92 Å². The molecule has 0 aliphatic carbocycles. The Bertz CT molecular complexity index is 815. The summed E-state index contributed by atoms with van der Waals surface area (Å²) in [7, 11) is 1.57. The summed E-state index contributed by atoms with van der Waals surface area (Å²) in [5, 5.41) is 9.58. The molecule has 0 saturated heterocycles. The van der Waals surface area contributed by atoms with Gasteiger partial charge < -0.3 is 14.7 Å². The number of carbonyl (C=O) groups excluding carboxylic acids is 1. The Morgan fingerprint density at radius 2 is 1.92 bits per heavy atom. The number of hydrogen-bond acceptors (Lipinski definition) is 3. The number of ether oxygens (including phenoxy) is 1. The number of benzene rings is 2. The lowest BCUT2D eigenvalue weighted by Gasteiger charge is -2.34. The number of fused-ring (bicyclic) bond motifs is 1. The van der Waals surface area contributed by atoms with E-state index in [0.29, 0.717) is 18.7 Å². The third-order valence-electron chi connectivity index (χ3n) is 4.63. The highest BCUT2D eigenvalue weighted by Gasteiger charge is 2.34. The first-order valence-corrected chi connectivity index (χ1v) is 8.22. The van der Waals surface area contributed by atoms with Gasteiger partial charge in [-0.15, -0.1) is 0 Å². The van der Waals surface area contributed by atoms with Gasteiger partial charge >= 0.3 is 5.97 Å². The van der Waals surface area contributed by atoms with E-state index in [9.17, 15) is 14.7 Å². The summed E-state index contributed by atoms with van der Waals surface area (Å²) in [6, 6.07) is 12.5. The van der Waals surface area contributed by atoms with Crippen molar-refractivity contribution >= 4 is 11.9 Å². The quantitative estimate of drug-likeness (QED) is 0.930. The summed E-state index contributed by atoms with van der Waals surface area (Å²) in [5.74, 6) is -0.534. The monoisotopic (exact) mass is 339 g/mol. The highest BCUT2D eigenvalue weighted by molar-refractivity contribution is 5.86.